The second-order valence-corrected chi connectivity index (χ2v) is 2.99. The van der Waals surface area contributed by atoms with Crippen molar-refractivity contribution in [2.24, 2.45) is 0 Å². The second-order valence-electron chi connectivity index (χ2n) is 2.99. The van der Waals surface area contributed by atoms with Crippen LogP contribution in [0.5, 0.6) is 0 Å². The lowest BCUT2D eigenvalue weighted by Crippen LogP contribution is -2.42. The second kappa shape index (κ2) is 4.26. The van der Waals surface area contributed by atoms with Gasteiger partial charge in [-0.15, -0.1) is 0 Å². The molecule has 0 saturated carbocycles. The Morgan fingerprint density at radius 3 is 3.08 bits per heavy atom. The number of carbonyl (C=O) groups is 1. The van der Waals surface area contributed by atoms with Crippen LogP contribution in [0, 0.1) is 0 Å². The fourth-order valence-corrected chi connectivity index (χ4v) is 1.46. The van der Waals surface area contributed by atoms with Crippen LogP contribution < -0.4 is 0 Å². The van der Waals surface area contributed by atoms with Crippen LogP contribution in [0.4, 0.5) is 0 Å². The van der Waals surface area contributed by atoms with Crippen LogP contribution in [-0.2, 0) is 9.53 Å². The van der Waals surface area contributed by atoms with E-state index in [0.29, 0.717) is 6.54 Å². The van der Waals surface area contributed by atoms with Crippen molar-refractivity contribution < 1.29 is 9.53 Å². The molecule has 1 heterocycles. The number of rotatable bonds is 2. The third-order valence-corrected chi connectivity index (χ3v) is 2.20. The summed E-state index contributed by atoms with van der Waals surface area (Å²) in [6, 6.07) is 0. The van der Waals surface area contributed by atoms with Gasteiger partial charge < -0.3 is 9.64 Å². The van der Waals surface area contributed by atoms with E-state index in [0.717, 1.165) is 19.4 Å². The normalized spacial score (nSPS) is 23.8. The molecule has 0 aliphatic carbocycles. The Hall–Kier alpha value is -0.830. The molecule has 0 radical (unpaired) electrons. The van der Waals surface area contributed by atoms with Crippen LogP contribution in [0.1, 0.15) is 12.8 Å². The van der Waals surface area contributed by atoms with Crippen molar-refractivity contribution in [2.75, 3.05) is 20.2 Å². The third kappa shape index (κ3) is 2.08. The molecule has 1 saturated heterocycles. The van der Waals surface area contributed by atoms with Crippen molar-refractivity contribution in [3.8, 4) is 0 Å². The number of hydrogen-bond acceptors (Lipinski definition) is 2. The molecule has 0 spiro atoms. The van der Waals surface area contributed by atoms with Gasteiger partial charge in [0.15, 0.2) is 0 Å². The van der Waals surface area contributed by atoms with Crippen molar-refractivity contribution in [1.29, 1.82) is 0 Å². The molecule has 0 unspecified atom stereocenters. The minimum absolute atomic E-state index is 0.0109. The highest BCUT2D eigenvalue weighted by molar-refractivity contribution is 5.87. The fraction of sp³-hybridized carbons (Fsp3) is 0.667. The number of nitrogens with zero attached hydrogens (tertiary/aromatic N) is 1. The Morgan fingerprint density at radius 2 is 2.50 bits per heavy atom. The van der Waals surface area contributed by atoms with Crippen molar-refractivity contribution >= 4 is 5.91 Å². The summed E-state index contributed by atoms with van der Waals surface area (Å²) in [6.07, 6.45) is 3.65. The van der Waals surface area contributed by atoms with E-state index in [9.17, 15) is 4.79 Å². The van der Waals surface area contributed by atoms with E-state index in [1.807, 2.05) is 0 Å². The zero-order valence-corrected chi connectivity index (χ0v) is 7.45. The van der Waals surface area contributed by atoms with Gasteiger partial charge in [0.05, 0.1) is 6.10 Å². The maximum atomic E-state index is 11.2. The highest BCUT2D eigenvalue weighted by atomic mass is 16.5. The van der Waals surface area contributed by atoms with Crippen LogP contribution >= 0.6 is 0 Å². The summed E-state index contributed by atoms with van der Waals surface area (Å²) in [5, 5.41) is 0. The maximum Gasteiger partial charge on any atom is 0.246 e. The third-order valence-electron chi connectivity index (χ3n) is 2.20. The van der Waals surface area contributed by atoms with E-state index in [4.69, 9.17) is 4.74 Å². The van der Waals surface area contributed by atoms with E-state index in [1.165, 1.54) is 6.08 Å². The molecule has 0 N–H and O–H groups in total. The number of ether oxygens (including phenoxy) is 1. The molecule has 68 valence electrons. The highest BCUT2D eigenvalue weighted by Gasteiger charge is 2.21. The largest absolute Gasteiger partial charge is 0.380 e. The molecule has 1 atom stereocenters. The first-order valence-electron chi connectivity index (χ1n) is 4.22. The molecule has 12 heavy (non-hydrogen) atoms. The Balaban J connectivity index is 2.45. The Labute approximate surface area is 73.0 Å². The minimum atomic E-state index is 0.0109. The van der Waals surface area contributed by atoms with Gasteiger partial charge in [-0.05, 0) is 18.9 Å². The SMILES string of the molecule is C=CC(=O)N1CCC[C@H](OC)C1. The van der Waals surface area contributed by atoms with Gasteiger partial charge in [-0.1, -0.05) is 6.58 Å². The van der Waals surface area contributed by atoms with Gasteiger partial charge in [0.2, 0.25) is 5.91 Å². The van der Waals surface area contributed by atoms with E-state index in [1.54, 1.807) is 12.0 Å². The number of hydrogen-bond donors (Lipinski definition) is 0. The number of carbonyl (C=O) groups excluding carboxylic acids is 1. The van der Waals surface area contributed by atoms with Crippen LogP contribution in [0.2, 0.25) is 0 Å². The predicted octanol–water partition coefficient (Wildman–Crippen LogP) is 0.810. The molecule has 3 nitrogen and oxygen atoms in total. The van der Waals surface area contributed by atoms with E-state index in [-0.39, 0.29) is 12.0 Å². The summed E-state index contributed by atoms with van der Waals surface area (Å²) in [4.78, 5) is 13.0. The minimum Gasteiger partial charge on any atom is -0.380 e. The molecule has 1 aliphatic heterocycles. The summed E-state index contributed by atoms with van der Waals surface area (Å²) in [7, 11) is 1.69. The monoisotopic (exact) mass is 169 g/mol. The average Bonchev–Trinajstić information content (AvgIpc) is 2.17. The Bertz CT molecular complexity index is 179. The molecule has 1 rings (SSSR count). The zero-order chi connectivity index (χ0) is 8.97. The van der Waals surface area contributed by atoms with E-state index < -0.39 is 0 Å². The van der Waals surface area contributed by atoms with Gasteiger partial charge in [-0.2, -0.15) is 0 Å². The van der Waals surface area contributed by atoms with Crippen molar-refractivity contribution in [3.63, 3.8) is 0 Å². The summed E-state index contributed by atoms with van der Waals surface area (Å²) < 4.78 is 5.19. The predicted molar refractivity (Wildman–Crippen MR) is 46.8 cm³/mol. The fourth-order valence-electron chi connectivity index (χ4n) is 1.46. The van der Waals surface area contributed by atoms with E-state index in [2.05, 4.69) is 6.58 Å². The van der Waals surface area contributed by atoms with Gasteiger partial charge in [-0.3, -0.25) is 4.79 Å². The molecule has 1 amide bonds. The van der Waals surface area contributed by atoms with Gasteiger partial charge in [0.1, 0.15) is 0 Å². The smallest absolute Gasteiger partial charge is 0.246 e. The molecule has 0 aromatic heterocycles. The first-order valence-corrected chi connectivity index (χ1v) is 4.22. The first kappa shape index (κ1) is 9.26. The lowest BCUT2D eigenvalue weighted by atomic mass is 10.1. The number of amides is 1. The molecule has 3 heteroatoms. The van der Waals surface area contributed by atoms with Crippen LogP contribution in [-0.4, -0.2) is 37.1 Å². The summed E-state index contributed by atoms with van der Waals surface area (Å²) in [6.45, 7) is 5.00. The maximum absolute atomic E-state index is 11.2. The summed E-state index contributed by atoms with van der Waals surface area (Å²) in [5.41, 5.74) is 0. The standard InChI is InChI=1S/C9H15NO2/c1-3-9(11)10-6-4-5-8(7-10)12-2/h3,8H,1,4-7H2,2H3/t8-/m0/s1. The zero-order valence-electron chi connectivity index (χ0n) is 7.45. The van der Waals surface area contributed by atoms with Crippen LogP contribution in [0.3, 0.4) is 0 Å². The van der Waals surface area contributed by atoms with Crippen LogP contribution in [0.25, 0.3) is 0 Å². The number of piperidine rings is 1. The average molecular weight is 169 g/mol. The van der Waals surface area contributed by atoms with Gasteiger partial charge >= 0.3 is 0 Å². The summed E-state index contributed by atoms with van der Waals surface area (Å²) in [5.74, 6) is 0.0109. The summed E-state index contributed by atoms with van der Waals surface area (Å²) >= 11 is 0. The van der Waals surface area contributed by atoms with Gasteiger partial charge in [0, 0.05) is 20.2 Å². The Morgan fingerprint density at radius 1 is 1.75 bits per heavy atom. The van der Waals surface area contributed by atoms with E-state index >= 15 is 0 Å². The molecular formula is C9H15NO2. The number of likely N-dealkylation sites (tertiary alicyclic amines) is 1. The quantitative estimate of drug-likeness (QED) is 0.572. The lowest BCUT2D eigenvalue weighted by Gasteiger charge is -2.31. The van der Waals surface area contributed by atoms with Gasteiger partial charge in [0.25, 0.3) is 0 Å². The molecule has 0 aromatic rings. The topological polar surface area (TPSA) is 29.5 Å². The van der Waals surface area contributed by atoms with Crippen LogP contribution in [0.15, 0.2) is 12.7 Å². The van der Waals surface area contributed by atoms with Crippen molar-refractivity contribution in [2.45, 2.75) is 18.9 Å². The highest BCUT2D eigenvalue weighted by Crippen LogP contribution is 2.12. The Kier molecular flexibility index (Phi) is 3.29. The molecule has 1 aliphatic rings. The number of methoxy groups -OCH3 is 1. The van der Waals surface area contributed by atoms with Crippen molar-refractivity contribution in [1.82, 2.24) is 4.90 Å². The van der Waals surface area contributed by atoms with Crippen molar-refractivity contribution in [3.05, 3.63) is 12.7 Å². The molecule has 0 aromatic carbocycles. The molecule has 0 bridgehead atoms. The first-order chi connectivity index (χ1) is 5.77. The molecular weight excluding hydrogens is 154 g/mol. The lowest BCUT2D eigenvalue weighted by molar-refractivity contribution is -0.129. The molecule has 1 fully saturated rings. The van der Waals surface area contributed by atoms with Gasteiger partial charge in [-0.25, -0.2) is 0 Å².